The molecule has 6 rings (SSSR count). The van der Waals surface area contributed by atoms with Crippen molar-refractivity contribution in [3.63, 3.8) is 0 Å². The topological polar surface area (TPSA) is 125 Å². The van der Waals surface area contributed by atoms with E-state index in [1.165, 1.54) is 13.2 Å². The summed E-state index contributed by atoms with van der Waals surface area (Å²) in [5.41, 5.74) is 0.623. The van der Waals surface area contributed by atoms with E-state index in [4.69, 9.17) is 15.2 Å². The van der Waals surface area contributed by atoms with Gasteiger partial charge >= 0.3 is 6.18 Å². The van der Waals surface area contributed by atoms with Crippen molar-refractivity contribution in [1.29, 1.82) is 0 Å². The van der Waals surface area contributed by atoms with Gasteiger partial charge in [-0.1, -0.05) is 0 Å². The Bertz CT molecular complexity index is 1770. The molecule has 14 heteroatoms. The summed E-state index contributed by atoms with van der Waals surface area (Å²) in [5, 5.41) is 19.6. The summed E-state index contributed by atoms with van der Waals surface area (Å²) in [4.78, 5) is 17.7. The molecule has 0 spiro atoms. The Morgan fingerprint density at radius 3 is 2.60 bits per heavy atom. The average Bonchev–Trinajstić information content (AvgIpc) is 3.67. The maximum Gasteiger partial charge on any atom is 0.414 e. The van der Waals surface area contributed by atoms with Gasteiger partial charge in [0.1, 0.15) is 29.2 Å². The first-order chi connectivity index (χ1) is 20.2. The molecule has 2 aromatic carbocycles. The van der Waals surface area contributed by atoms with Crippen molar-refractivity contribution < 1.29 is 41.3 Å². The number of alkyl halides is 3. The predicted molar refractivity (Wildman–Crippen MR) is 143 cm³/mol. The van der Waals surface area contributed by atoms with Gasteiger partial charge < -0.3 is 25.6 Å². The molecule has 4 N–H and O–H groups in total. The Kier molecular flexibility index (Phi) is 6.62. The number of nitrogens with two attached hydrogens (primary N) is 1. The number of ether oxygens (including phenoxy) is 2. The highest BCUT2D eigenvalue weighted by Gasteiger charge is 2.59. The molecule has 9 nitrogen and oxygen atoms in total. The molecule has 0 bridgehead atoms. The maximum atomic E-state index is 14.2. The van der Waals surface area contributed by atoms with Gasteiger partial charge in [-0.25, -0.2) is 13.8 Å². The molecule has 1 saturated carbocycles. The van der Waals surface area contributed by atoms with Gasteiger partial charge in [-0.05, 0) is 55.2 Å². The van der Waals surface area contributed by atoms with Gasteiger partial charge in [0.15, 0.2) is 22.9 Å². The standard InChI is InChI=1S/C29H26F5N5O4/c1-39-11-16-7-15(9-21(42-2)23(16)38-39)26(40)36-12-27(41,17-4-5-17)22-10-18-25(43-13-28(18,35)29(32,33)34)24(37-22)14-3-6-19(30)20(31)8-14/h3,6-11,17,41H,4-5,12-13,35H2,1-2H3,(H,36,40)/t27-,28+/m1/s1. The number of benzene rings is 2. The smallest absolute Gasteiger partial charge is 0.414 e. The number of amides is 1. The van der Waals surface area contributed by atoms with Gasteiger partial charge in [0, 0.05) is 35.3 Å². The number of aromatic nitrogens is 3. The second-order valence-corrected chi connectivity index (χ2v) is 10.9. The van der Waals surface area contributed by atoms with E-state index in [2.05, 4.69) is 15.4 Å². The number of aliphatic hydroxyl groups is 1. The lowest BCUT2D eigenvalue weighted by Crippen LogP contribution is -2.52. The molecule has 43 heavy (non-hydrogen) atoms. The van der Waals surface area contributed by atoms with Gasteiger partial charge in [-0.3, -0.25) is 9.48 Å². The molecule has 0 saturated heterocycles. The minimum atomic E-state index is -4.96. The molecule has 1 aliphatic heterocycles. The van der Waals surface area contributed by atoms with Gasteiger partial charge in [-0.15, -0.1) is 0 Å². The minimum absolute atomic E-state index is 0.0810. The van der Waals surface area contributed by atoms with Crippen LogP contribution in [0, 0.1) is 17.6 Å². The first kappa shape index (κ1) is 28.8. The SMILES string of the molecule is COc1cc(C(=O)NC[C@](O)(c2cc3c(c(-c4ccc(F)c(F)c4)n2)OC[C@@]3(N)C(F)(F)F)C2CC2)cc2cn(C)nc12. The van der Waals surface area contributed by atoms with Crippen molar-refractivity contribution in [2.75, 3.05) is 20.3 Å². The lowest BCUT2D eigenvalue weighted by Gasteiger charge is -2.31. The van der Waals surface area contributed by atoms with Crippen LogP contribution in [0.4, 0.5) is 22.0 Å². The number of pyridine rings is 1. The predicted octanol–water partition coefficient (Wildman–Crippen LogP) is 4.06. The van der Waals surface area contributed by atoms with Gasteiger partial charge in [-0.2, -0.15) is 18.3 Å². The summed E-state index contributed by atoms with van der Waals surface area (Å²) in [6.45, 7) is -1.40. The third-order valence-electron chi connectivity index (χ3n) is 7.98. The highest BCUT2D eigenvalue weighted by Crippen LogP contribution is 2.52. The summed E-state index contributed by atoms with van der Waals surface area (Å²) < 4.78 is 82.9. The third kappa shape index (κ3) is 4.74. The summed E-state index contributed by atoms with van der Waals surface area (Å²) in [7, 11) is 3.15. The number of rotatable bonds is 7. The van der Waals surface area contributed by atoms with Crippen molar-refractivity contribution in [2.45, 2.75) is 30.2 Å². The molecule has 2 aliphatic rings. The third-order valence-corrected chi connectivity index (χ3v) is 7.98. The number of hydrogen-bond acceptors (Lipinski definition) is 7. The van der Waals surface area contributed by atoms with Crippen LogP contribution in [0.15, 0.2) is 42.6 Å². The maximum absolute atomic E-state index is 14.2. The summed E-state index contributed by atoms with van der Waals surface area (Å²) in [6, 6.07) is 6.82. The zero-order chi connectivity index (χ0) is 30.9. The number of methoxy groups -OCH3 is 1. The van der Waals surface area contributed by atoms with Crippen LogP contribution in [0.5, 0.6) is 11.5 Å². The Hall–Kier alpha value is -4.30. The summed E-state index contributed by atoms with van der Waals surface area (Å²) >= 11 is 0. The van der Waals surface area contributed by atoms with E-state index in [1.54, 1.807) is 24.0 Å². The summed E-state index contributed by atoms with van der Waals surface area (Å²) in [5.74, 6) is -3.47. The largest absolute Gasteiger partial charge is 0.494 e. The Morgan fingerprint density at radius 2 is 1.95 bits per heavy atom. The first-order valence-electron chi connectivity index (χ1n) is 13.3. The minimum Gasteiger partial charge on any atom is -0.494 e. The van der Waals surface area contributed by atoms with Crippen LogP contribution in [-0.2, 0) is 18.2 Å². The van der Waals surface area contributed by atoms with Crippen molar-refractivity contribution in [2.24, 2.45) is 18.7 Å². The number of aryl methyl sites for hydroxylation is 1. The van der Waals surface area contributed by atoms with Crippen molar-refractivity contribution in [1.82, 2.24) is 20.1 Å². The van der Waals surface area contributed by atoms with Gasteiger partial charge in [0.05, 0.1) is 19.3 Å². The van der Waals surface area contributed by atoms with E-state index in [0.717, 1.165) is 24.3 Å². The van der Waals surface area contributed by atoms with E-state index in [-0.39, 0.29) is 28.3 Å². The van der Waals surface area contributed by atoms with E-state index in [0.29, 0.717) is 29.5 Å². The fourth-order valence-electron chi connectivity index (χ4n) is 5.40. The number of carbonyl (C=O) groups is 1. The number of fused-ring (bicyclic) bond motifs is 2. The molecular formula is C29H26F5N5O4. The van der Waals surface area contributed by atoms with Crippen LogP contribution < -0.4 is 20.5 Å². The molecule has 0 radical (unpaired) electrons. The van der Waals surface area contributed by atoms with Gasteiger partial charge in [0.25, 0.3) is 5.91 Å². The molecule has 1 fully saturated rings. The van der Waals surface area contributed by atoms with Crippen LogP contribution in [0.2, 0.25) is 0 Å². The second-order valence-electron chi connectivity index (χ2n) is 10.9. The lowest BCUT2D eigenvalue weighted by molar-refractivity contribution is -0.191. The van der Waals surface area contributed by atoms with Crippen LogP contribution in [0.3, 0.4) is 0 Å². The molecule has 1 amide bonds. The van der Waals surface area contributed by atoms with Crippen LogP contribution in [0.1, 0.15) is 34.5 Å². The quantitative estimate of drug-likeness (QED) is 0.272. The number of nitrogens with zero attached hydrogens (tertiary/aromatic N) is 3. The highest BCUT2D eigenvalue weighted by atomic mass is 19.4. The zero-order valence-corrected chi connectivity index (χ0v) is 22.9. The van der Waals surface area contributed by atoms with Gasteiger partial charge in [0.2, 0.25) is 0 Å². The Balaban J connectivity index is 1.42. The normalized spacial score (nSPS) is 19.6. The lowest BCUT2D eigenvalue weighted by atomic mass is 9.86. The van der Waals surface area contributed by atoms with Crippen LogP contribution >= 0.6 is 0 Å². The molecule has 4 aromatic rings. The van der Waals surface area contributed by atoms with E-state index in [9.17, 15) is 31.9 Å². The molecule has 2 aromatic heterocycles. The van der Waals surface area contributed by atoms with Crippen molar-refractivity contribution in [3.8, 4) is 22.8 Å². The summed E-state index contributed by atoms with van der Waals surface area (Å²) in [6.07, 6.45) is -2.25. The zero-order valence-electron chi connectivity index (χ0n) is 22.9. The molecular weight excluding hydrogens is 577 g/mol. The number of halogens is 5. The number of carbonyl (C=O) groups excluding carboxylic acids is 1. The Labute approximate surface area is 241 Å². The average molecular weight is 604 g/mol. The first-order valence-corrected chi connectivity index (χ1v) is 13.3. The van der Waals surface area contributed by atoms with E-state index >= 15 is 0 Å². The molecule has 1 aliphatic carbocycles. The second kappa shape index (κ2) is 9.88. The van der Waals surface area contributed by atoms with Crippen LogP contribution in [0.25, 0.3) is 22.2 Å². The number of nitrogens with one attached hydrogen (secondary N) is 1. The van der Waals surface area contributed by atoms with Crippen molar-refractivity contribution >= 4 is 16.8 Å². The van der Waals surface area contributed by atoms with E-state index in [1.807, 2.05) is 0 Å². The molecule has 0 unspecified atom stereocenters. The van der Waals surface area contributed by atoms with Crippen molar-refractivity contribution in [3.05, 3.63) is 71.1 Å². The fourth-order valence-corrected chi connectivity index (χ4v) is 5.40. The fraction of sp³-hybridized carbons (Fsp3) is 0.345. The van der Waals surface area contributed by atoms with Crippen LogP contribution in [-0.4, -0.2) is 52.2 Å². The molecule has 3 heterocycles. The highest BCUT2D eigenvalue weighted by molar-refractivity contribution is 5.99. The Morgan fingerprint density at radius 1 is 1.21 bits per heavy atom. The molecule has 2 atom stereocenters. The number of hydrogen-bond donors (Lipinski definition) is 3. The molecule has 226 valence electrons. The monoisotopic (exact) mass is 603 g/mol. The van der Waals surface area contributed by atoms with E-state index < -0.39 is 59.5 Å².